The maximum Gasteiger partial charge on any atom is 0.511 e. The third-order valence-electron chi connectivity index (χ3n) is 2.72. The van der Waals surface area contributed by atoms with Crippen LogP contribution >= 0.6 is 0 Å². The van der Waals surface area contributed by atoms with Gasteiger partial charge in [-0.2, -0.15) is 0 Å². The molecular formula is C14H9NO3. The number of hydrogen-bond donors (Lipinski definition) is 1. The number of nitrogens with zero attached hydrogens (tertiary/aromatic N) is 1. The summed E-state index contributed by atoms with van der Waals surface area (Å²) in [4.78, 5) is 15.1. The minimum absolute atomic E-state index is 0.304. The molecule has 3 aromatic rings. The fraction of sp³-hybridized carbons (Fsp3) is 0. The number of para-hydroxylation sites is 1. The van der Waals surface area contributed by atoms with Crippen molar-refractivity contribution in [2.75, 3.05) is 0 Å². The molecule has 4 nitrogen and oxygen atoms in total. The van der Waals surface area contributed by atoms with Crippen molar-refractivity contribution in [1.29, 1.82) is 0 Å². The number of rotatable bonds is 1. The molecule has 1 heterocycles. The second kappa shape index (κ2) is 4.00. The van der Waals surface area contributed by atoms with E-state index >= 15 is 0 Å². The van der Waals surface area contributed by atoms with Gasteiger partial charge >= 0.3 is 6.16 Å². The van der Waals surface area contributed by atoms with Gasteiger partial charge in [0, 0.05) is 10.8 Å². The van der Waals surface area contributed by atoms with Crippen molar-refractivity contribution >= 4 is 28.0 Å². The first-order chi connectivity index (χ1) is 8.74. The van der Waals surface area contributed by atoms with Crippen LogP contribution in [0.2, 0.25) is 0 Å². The summed E-state index contributed by atoms with van der Waals surface area (Å²) >= 11 is 0. The number of carboxylic acid groups (broad SMARTS) is 1. The summed E-state index contributed by atoms with van der Waals surface area (Å²) in [7, 11) is 0. The van der Waals surface area contributed by atoms with Crippen molar-refractivity contribution in [3.8, 4) is 5.75 Å². The van der Waals surface area contributed by atoms with Crippen molar-refractivity contribution in [2.24, 2.45) is 0 Å². The van der Waals surface area contributed by atoms with E-state index in [0.29, 0.717) is 16.7 Å². The summed E-state index contributed by atoms with van der Waals surface area (Å²) in [5.74, 6) is 0.304. The lowest BCUT2D eigenvalue weighted by Crippen LogP contribution is -2.03. The van der Waals surface area contributed by atoms with E-state index in [1.165, 1.54) is 0 Å². The van der Waals surface area contributed by atoms with Crippen LogP contribution in [0.15, 0.2) is 48.5 Å². The molecular weight excluding hydrogens is 230 g/mol. The van der Waals surface area contributed by atoms with E-state index in [2.05, 4.69) is 4.98 Å². The summed E-state index contributed by atoms with van der Waals surface area (Å²) < 4.78 is 4.75. The average Bonchev–Trinajstić information content (AvgIpc) is 2.36. The minimum atomic E-state index is -1.32. The third kappa shape index (κ3) is 1.73. The van der Waals surface area contributed by atoms with Crippen molar-refractivity contribution in [2.45, 2.75) is 0 Å². The molecule has 0 aliphatic carbocycles. The lowest BCUT2D eigenvalue weighted by molar-refractivity contribution is 0.145. The zero-order valence-electron chi connectivity index (χ0n) is 9.33. The lowest BCUT2D eigenvalue weighted by atomic mass is 10.1. The predicted octanol–water partition coefficient (Wildman–Crippen LogP) is 3.44. The Balaban J connectivity index is 2.32. The highest BCUT2D eigenvalue weighted by Gasteiger charge is 2.08. The standard InChI is InChI=1S/C14H9NO3/c16-14(17)18-13-7-3-6-12-10(13)8-9-4-1-2-5-11(9)15-12/h1-8H,(H,16,17). The molecule has 0 atom stereocenters. The largest absolute Gasteiger partial charge is 0.511 e. The summed E-state index contributed by atoms with van der Waals surface area (Å²) in [6.45, 7) is 0. The molecule has 18 heavy (non-hydrogen) atoms. The van der Waals surface area contributed by atoms with Gasteiger partial charge in [-0.25, -0.2) is 9.78 Å². The number of fused-ring (bicyclic) bond motifs is 2. The van der Waals surface area contributed by atoms with Crippen molar-refractivity contribution in [3.63, 3.8) is 0 Å². The number of pyridine rings is 1. The van der Waals surface area contributed by atoms with E-state index in [1.807, 2.05) is 36.4 Å². The highest BCUT2D eigenvalue weighted by atomic mass is 16.7. The number of ether oxygens (including phenoxy) is 1. The van der Waals surface area contributed by atoms with Gasteiger partial charge in [-0.15, -0.1) is 0 Å². The Kier molecular flexibility index (Phi) is 2.34. The fourth-order valence-corrected chi connectivity index (χ4v) is 1.95. The molecule has 4 heteroatoms. The van der Waals surface area contributed by atoms with Crippen LogP contribution in [0, 0.1) is 0 Å². The molecule has 0 saturated heterocycles. The molecule has 0 radical (unpaired) electrons. The molecule has 0 amide bonds. The Morgan fingerprint density at radius 1 is 1.06 bits per heavy atom. The van der Waals surface area contributed by atoms with E-state index in [0.717, 1.165) is 10.9 Å². The number of benzene rings is 2. The molecule has 88 valence electrons. The average molecular weight is 239 g/mol. The maximum absolute atomic E-state index is 10.6. The zero-order valence-corrected chi connectivity index (χ0v) is 9.33. The molecule has 0 unspecified atom stereocenters. The Bertz CT molecular complexity index is 752. The predicted molar refractivity (Wildman–Crippen MR) is 67.9 cm³/mol. The molecule has 0 fully saturated rings. The van der Waals surface area contributed by atoms with Crippen LogP contribution in [-0.2, 0) is 0 Å². The second-order valence-corrected chi connectivity index (χ2v) is 3.87. The summed E-state index contributed by atoms with van der Waals surface area (Å²) in [6.07, 6.45) is -1.32. The molecule has 0 aliphatic heterocycles. The van der Waals surface area contributed by atoms with Crippen LogP contribution < -0.4 is 4.74 Å². The molecule has 0 aliphatic rings. The first-order valence-corrected chi connectivity index (χ1v) is 5.43. The molecule has 3 rings (SSSR count). The SMILES string of the molecule is O=C(O)Oc1cccc2nc3ccccc3cc12. The fourth-order valence-electron chi connectivity index (χ4n) is 1.95. The number of hydrogen-bond acceptors (Lipinski definition) is 3. The van der Waals surface area contributed by atoms with E-state index in [4.69, 9.17) is 9.84 Å². The first-order valence-electron chi connectivity index (χ1n) is 5.43. The molecule has 1 N–H and O–H groups in total. The normalized spacial score (nSPS) is 10.7. The smallest absolute Gasteiger partial charge is 0.449 e. The van der Waals surface area contributed by atoms with Gasteiger partial charge in [0.05, 0.1) is 11.0 Å². The van der Waals surface area contributed by atoms with Crippen LogP contribution in [-0.4, -0.2) is 16.2 Å². The molecule has 1 aromatic heterocycles. The lowest BCUT2D eigenvalue weighted by Gasteiger charge is -2.06. The molecule has 0 saturated carbocycles. The minimum Gasteiger partial charge on any atom is -0.449 e. The van der Waals surface area contributed by atoms with Gasteiger partial charge in [-0.1, -0.05) is 24.3 Å². The Labute approximate surface area is 102 Å². The van der Waals surface area contributed by atoms with Gasteiger partial charge in [0.15, 0.2) is 0 Å². The third-order valence-corrected chi connectivity index (χ3v) is 2.72. The van der Waals surface area contributed by atoms with E-state index in [9.17, 15) is 4.79 Å². The monoisotopic (exact) mass is 239 g/mol. The highest BCUT2D eigenvalue weighted by molar-refractivity contribution is 5.96. The van der Waals surface area contributed by atoms with E-state index < -0.39 is 6.16 Å². The second-order valence-electron chi connectivity index (χ2n) is 3.87. The first kappa shape index (κ1) is 10.5. The quantitative estimate of drug-likeness (QED) is 0.401. The van der Waals surface area contributed by atoms with Crippen LogP contribution in [0.3, 0.4) is 0 Å². The maximum atomic E-state index is 10.6. The van der Waals surface area contributed by atoms with Gasteiger partial charge in [-0.05, 0) is 24.3 Å². The van der Waals surface area contributed by atoms with Crippen molar-refractivity contribution in [1.82, 2.24) is 4.98 Å². The Hall–Kier alpha value is -2.62. The molecule has 0 bridgehead atoms. The van der Waals surface area contributed by atoms with Gasteiger partial charge in [0.25, 0.3) is 0 Å². The van der Waals surface area contributed by atoms with E-state index in [1.54, 1.807) is 12.1 Å². The van der Waals surface area contributed by atoms with Gasteiger partial charge in [0.1, 0.15) is 5.75 Å². The number of carbonyl (C=O) groups is 1. The van der Waals surface area contributed by atoms with Crippen molar-refractivity contribution in [3.05, 3.63) is 48.5 Å². The Morgan fingerprint density at radius 3 is 2.67 bits per heavy atom. The topological polar surface area (TPSA) is 59.4 Å². The van der Waals surface area contributed by atoms with Crippen molar-refractivity contribution < 1.29 is 14.6 Å². The Morgan fingerprint density at radius 2 is 1.83 bits per heavy atom. The summed E-state index contributed by atoms with van der Waals surface area (Å²) in [6, 6.07) is 14.7. The highest BCUT2D eigenvalue weighted by Crippen LogP contribution is 2.27. The van der Waals surface area contributed by atoms with Crippen LogP contribution in [0.4, 0.5) is 4.79 Å². The van der Waals surface area contributed by atoms with E-state index in [-0.39, 0.29) is 0 Å². The van der Waals surface area contributed by atoms with Crippen LogP contribution in [0.1, 0.15) is 0 Å². The van der Waals surface area contributed by atoms with Crippen LogP contribution in [0.5, 0.6) is 5.75 Å². The number of aromatic nitrogens is 1. The summed E-state index contributed by atoms with van der Waals surface area (Å²) in [5, 5.41) is 10.3. The van der Waals surface area contributed by atoms with Gasteiger partial charge in [-0.3, -0.25) is 0 Å². The molecule has 2 aromatic carbocycles. The zero-order chi connectivity index (χ0) is 12.5. The van der Waals surface area contributed by atoms with Gasteiger partial charge in [0.2, 0.25) is 0 Å². The molecule has 0 spiro atoms. The van der Waals surface area contributed by atoms with Gasteiger partial charge < -0.3 is 9.84 Å². The summed E-state index contributed by atoms with van der Waals surface area (Å²) in [5.41, 5.74) is 1.59. The van der Waals surface area contributed by atoms with Crippen LogP contribution in [0.25, 0.3) is 21.8 Å².